The highest BCUT2D eigenvalue weighted by Gasteiger charge is 2.20. The second kappa shape index (κ2) is 5.09. The minimum atomic E-state index is -0.888. The SMILES string of the molecule is COC(=O)CC(O)C(N)c1cccs1. The zero-order valence-electron chi connectivity index (χ0n) is 7.84. The molecule has 14 heavy (non-hydrogen) atoms. The highest BCUT2D eigenvalue weighted by Crippen LogP contribution is 2.21. The molecule has 0 bridgehead atoms. The Morgan fingerprint density at radius 1 is 1.79 bits per heavy atom. The van der Waals surface area contributed by atoms with E-state index in [2.05, 4.69) is 4.74 Å². The molecule has 0 radical (unpaired) electrons. The van der Waals surface area contributed by atoms with E-state index >= 15 is 0 Å². The number of ether oxygens (including phenoxy) is 1. The summed E-state index contributed by atoms with van der Waals surface area (Å²) in [5, 5.41) is 11.4. The number of aliphatic hydroxyl groups is 1. The first-order chi connectivity index (χ1) is 6.65. The molecule has 1 heterocycles. The van der Waals surface area contributed by atoms with Crippen LogP contribution in [0.3, 0.4) is 0 Å². The molecule has 0 saturated heterocycles. The van der Waals surface area contributed by atoms with Gasteiger partial charge in [-0.1, -0.05) is 6.07 Å². The zero-order chi connectivity index (χ0) is 10.6. The Balaban J connectivity index is 2.53. The normalized spacial score (nSPS) is 14.8. The average molecular weight is 215 g/mol. The first-order valence-corrected chi connectivity index (χ1v) is 5.07. The molecule has 3 N–H and O–H groups in total. The molecule has 1 aromatic heterocycles. The van der Waals surface area contributed by atoms with E-state index in [1.807, 2.05) is 17.5 Å². The maximum absolute atomic E-state index is 10.9. The molecular formula is C9H13NO3S. The molecule has 1 aromatic rings. The van der Waals surface area contributed by atoms with Crippen molar-refractivity contribution in [2.24, 2.45) is 5.73 Å². The lowest BCUT2D eigenvalue weighted by molar-refractivity contribution is -0.143. The first kappa shape index (κ1) is 11.2. The van der Waals surface area contributed by atoms with Crippen molar-refractivity contribution in [3.05, 3.63) is 22.4 Å². The summed E-state index contributed by atoms with van der Waals surface area (Å²) < 4.78 is 4.44. The molecule has 0 aromatic carbocycles. The fourth-order valence-corrected chi connectivity index (χ4v) is 1.84. The number of hydrogen-bond acceptors (Lipinski definition) is 5. The topological polar surface area (TPSA) is 72.5 Å². The van der Waals surface area contributed by atoms with E-state index in [4.69, 9.17) is 5.73 Å². The predicted octanol–water partition coefficient (Wildman–Crippen LogP) is 0.672. The van der Waals surface area contributed by atoms with Gasteiger partial charge in [-0.2, -0.15) is 0 Å². The van der Waals surface area contributed by atoms with E-state index in [0.29, 0.717) is 0 Å². The summed E-state index contributed by atoms with van der Waals surface area (Å²) in [6.45, 7) is 0. The summed E-state index contributed by atoms with van der Waals surface area (Å²) in [5.74, 6) is -0.454. The fraction of sp³-hybridized carbons (Fsp3) is 0.444. The summed E-state index contributed by atoms with van der Waals surface area (Å²) in [5.41, 5.74) is 5.74. The van der Waals surface area contributed by atoms with Gasteiger partial charge in [0.05, 0.1) is 25.7 Å². The molecule has 0 spiro atoms. The van der Waals surface area contributed by atoms with Crippen LogP contribution in [0.2, 0.25) is 0 Å². The van der Waals surface area contributed by atoms with Gasteiger partial charge < -0.3 is 15.6 Å². The largest absolute Gasteiger partial charge is 0.469 e. The van der Waals surface area contributed by atoms with E-state index in [0.717, 1.165) is 4.88 Å². The van der Waals surface area contributed by atoms with E-state index in [9.17, 15) is 9.90 Å². The molecule has 5 heteroatoms. The first-order valence-electron chi connectivity index (χ1n) is 4.19. The van der Waals surface area contributed by atoms with Gasteiger partial charge in [-0.3, -0.25) is 4.79 Å². The molecule has 1 rings (SSSR count). The molecule has 2 atom stereocenters. The maximum atomic E-state index is 10.9. The van der Waals surface area contributed by atoms with Gasteiger partial charge in [0.1, 0.15) is 0 Å². The molecule has 0 saturated carbocycles. The summed E-state index contributed by atoms with van der Waals surface area (Å²) in [7, 11) is 1.28. The number of methoxy groups -OCH3 is 1. The Morgan fingerprint density at radius 3 is 3.00 bits per heavy atom. The Morgan fingerprint density at radius 2 is 2.50 bits per heavy atom. The van der Waals surface area contributed by atoms with Crippen LogP contribution in [0.5, 0.6) is 0 Å². The third-order valence-electron chi connectivity index (χ3n) is 1.89. The summed E-state index contributed by atoms with van der Waals surface area (Å²) in [6, 6.07) is 3.16. The van der Waals surface area contributed by atoms with Crippen molar-refractivity contribution >= 4 is 17.3 Å². The smallest absolute Gasteiger partial charge is 0.308 e. The zero-order valence-corrected chi connectivity index (χ0v) is 8.66. The van der Waals surface area contributed by atoms with Crippen molar-refractivity contribution < 1.29 is 14.6 Å². The number of hydrogen-bond donors (Lipinski definition) is 2. The maximum Gasteiger partial charge on any atom is 0.308 e. The Kier molecular flexibility index (Phi) is 4.06. The van der Waals surface area contributed by atoms with Crippen LogP contribution in [-0.2, 0) is 9.53 Å². The predicted molar refractivity (Wildman–Crippen MR) is 53.9 cm³/mol. The third kappa shape index (κ3) is 2.80. The Bertz CT molecular complexity index is 286. The van der Waals surface area contributed by atoms with Gasteiger partial charge in [-0.05, 0) is 11.4 Å². The van der Waals surface area contributed by atoms with Gasteiger partial charge >= 0.3 is 5.97 Å². The number of esters is 1. The van der Waals surface area contributed by atoms with Crippen LogP contribution in [0.15, 0.2) is 17.5 Å². The van der Waals surface area contributed by atoms with Crippen molar-refractivity contribution in [3.8, 4) is 0 Å². The number of nitrogens with two attached hydrogens (primary N) is 1. The van der Waals surface area contributed by atoms with E-state index in [1.165, 1.54) is 18.4 Å². The molecule has 2 unspecified atom stereocenters. The quantitative estimate of drug-likeness (QED) is 0.724. The lowest BCUT2D eigenvalue weighted by Gasteiger charge is -2.15. The van der Waals surface area contributed by atoms with E-state index < -0.39 is 18.1 Å². The molecule has 0 aliphatic heterocycles. The van der Waals surface area contributed by atoms with E-state index in [1.54, 1.807) is 0 Å². The van der Waals surface area contributed by atoms with Gasteiger partial charge in [0.25, 0.3) is 0 Å². The van der Waals surface area contributed by atoms with Crippen molar-refractivity contribution in [2.45, 2.75) is 18.6 Å². The molecule has 78 valence electrons. The number of rotatable bonds is 4. The molecule has 4 nitrogen and oxygen atoms in total. The van der Waals surface area contributed by atoms with E-state index in [-0.39, 0.29) is 6.42 Å². The number of thiophene rings is 1. The molecule has 0 fully saturated rings. The number of carbonyl (C=O) groups is 1. The Hall–Kier alpha value is -0.910. The standard InChI is InChI=1S/C9H13NO3S/c1-13-8(12)5-6(11)9(10)7-3-2-4-14-7/h2-4,6,9,11H,5,10H2,1H3. The van der Waals surface area contributed by atoms with Crippen molar-refractivity contribution in [3.63, 3.8) is 0 Å². The minimum Gasteiger partial charge on any atom is -0.469 e. The Labute approximate surface area is 86.3 Å². The monoisotopic (exact) mass is 215 g/mol. The summed E-state index contributed by atoms with van der Waals surface area (Å²) in [6.07, 6.45) is -0.962. The second-order valence-electron chi connectivity index (χ2n) is 2.89. The van der Waals surface area contributed by atoms with Crippen molar-refractivity contribution in [2.75, 3.05) is 7.11 Å². The molecule has 0 amide bonds. The lowest BCUT2D eigenvalue weighted by Crippen LogP contribution is -2.28. The van der Waals surface area contributed by atoms with Crippen LogP contribution in [-0.4, -0.2) is 24.3 Å². The van der Waals surface area contributed by atoms with Gasteiger partial charge in [-0.25, -0.2) is 0 Å². The molecular weight excluding hydrogens is 202 g/mol. The minimum absolute atomic E-state index is 0.0738. The lowest BCUT2D eigenvalue weighted by atomic mass is 10.1. The highest BCUT2D eigenvalue weighted by molar-refractivity contribution is 7.10. The van der Waals surface area contributed by atoms with Crippen molar-refractivity contribution in [1.82, 2.24) is 0 Å². The van der Waals surface area contributed by atoms with Gasteiger partial charge in [0.15, 0.2) is 0 Å². The van der Waals surface area contributed by atoms with Crippen molar-refractivity contribution in [1.29, 1.82) is 0 Å². The van der Waals surface area contributed by atoms with Crippen LogP contribution < -0.4 is 5.73 Å². The van der Waals surface area contributed by atoms with Crippen LogP contribution in [0, 0.1) is 0 Å². The summed E-state index contributed by atoms with van der Waals surface area (Å²) >= 11 is 1.46. The van der Waals surface area contributed by atoms with Crippen LogP contribution >= 0.6 is 11.3 Å². The average Bonchev–Trinajstić information content (AvgIpc) is 2.69. The molecule has 0 aliphatic carbocycles. The van der Waals surface area contributed by atoms with Crippen LogP contribution in [0.25, 0.3) is 0 Å². The third-order valence-corrected chi connectivity index (χ3v) is 2.86. The van der Waals surface area contributed by atoms with Gasteiger partial charge in [-0.15, -0.1) is 11.3 Å². The molecule has 0 aliphatic rings. The number of aliphatic hydroxyl groups excluding tert-OH is 1. The fourth-order valence-electron chi connectivity index (χ4n) is 1.05. The highest BCUT2D eigenvalue weighted by atomic mass is 32.1. The van der Waals surface area contributed by atoms with Crippen LogP contribution in [0.4, 0.5) is 0 Å². The number of carbonyl (C=O) groups excluding carboxylic acids is 1. The summed E-state index contributed by atoms with van der Waals surface area (Å²) in [4.78, 5) is 11.7. The second-order valence-corrected chi connectivity index (χ2v) is 3.87. The van der Waals surface area contributed by atoms with Gasteiger partial charge in [0.2, 0.25) is 0 Å². The van der Waals surface area contributed by atoms with Gasteiger partial charge in [0, 0.05) is 4.88 Å². The van der Waals surface area contributed by atoms with Crippen LogP contribution in [0.1, 0.15) is 17.3 Å².